The molecular weight excluding hydrogens is 215 g/mol. The lowest BCUT2D eigenvalue weighted by Gasteiger charge is -2.25. The highest BCUT2D eigenvalue weighted by Gasteiger charge is 2.10. The predicted molar refractivity (Wildman–Crippen MR) is 67.9 cm³/mol. The van der Waals surface area contributed by atoms with Gasteiger partial charge >= 0.3 is 0 Å². The number of halogens is 1. The van der Waals surface area contributed by atoms with Crippen molar-refractivity contribution in [2.75, 3.05) is 13.1 Å². The molecule has 0 aliphatic carbocycles. The molecule has 92 valence electrons. The van der Waals surface area contributed by atoms with Gasteiger partial charge in [0.1, 0.15) is 5.82 Å². The van der Waals surface area contributed by atoms with E-state index >= 15 is 0 Å². The fraction of sp³-hybridized carbons (Fsp3) is 0.429. The predicted octanol–water partition coefficient (Wildman–Crippen LogP) is 2.44. The summed E-state index contributed by atoms with van der Waals surface area (Å²) in [6, 6.07) is 5.10. The minimum absolute atomic E-state index is 0.188. The molecule has 0 fully saturated rings. The van der Waals surface area contributed by atoms with Crippen LogP contribution in [0.2, 0.25) is 0 Å². The lowest BCUT2D eigenvalue weighted by atomic mass is 10.1. The van der Waals surface area contributed by atoms with Gasteiger partial charge in [-0.15, -0.1) is 0 Å². The van der Waals surface area contributed by atoms with Crippen molar-refractivity contribution < 1.29 is 4.39 Å². The molecule has 0 amide bonds. The van der Waals surface area contributed by atoms with Crippen molar-refractivity contribution in [1.82, 2.24) is 4.90 Å². The first-order valence-electron chi connectivity index (χ1n) is 6.04. The normalized spacial score (nSPS) is 17.0. The molecule has 1 aromatic carbocycles. The first kappa shape index (κ1) is 12.3. The summed E-state index contributed by atoms with van der Waals surface area (Å²) in [6.07, 6.45) is 3.35. The minimum atomic E-state index is -0.188. The Balaban J connectivity index is 2.06. The largest absolute Gasteiger partial charge is 0.326 e. The van der Waals surface area contributed by atoms with Gasteiger partial charge in [0.2, 0.25) is 0 Å². The number of hydrogen-bond acceptors (Lipinski definition) is 2. The summed E-state index contributed by atoms with van der Waals surface area (Å²) in [5.74, 6) is -0.188. The zero-order valence-corrected chi connectivity index (χ0v) is 10.2. The lowest BCUT2D eigenvalue weighted by molar-refractivity contribution is 0.285. The maximum atomic E-state index is 13.3. The van der Waals surface area contributed by atoms with Crippen molar-refractivity contribution in [2.24, 2.45) is 5.73 Å². The Morgan fingerprint density at radius 1 is 1.29 bits per heavy atom. The fourth-order valence-corrected chi connectivity index (χ4v) is 2.14. The third-order valence-electron chi connectivity index (χ3n) is 3.18. The van der Waals surface area contributed by atoms with Crippen molar-refractivity contribution >= 4 is 0 Å². The molecule has 2 nitrogen and oxygen atoms in total. The molecule has 2 rings (SSSR count). The van der Waals surface area contributed by atoms with E-state index in [0.717, 1.165) is 37.2 Å². The molecular formula is C14H19FN2. The molecule has 0 saturated heterocycles. The Labute approximate surface area is 102 Å². The molecule has 1 aliphatic heterocycles. The van der Waals surface area contributed by atoms with Crippen LogP contribution in [-0.2, 0) is 13.1 Å². The summed E-state index contributed by atoms with van der Waals surface area (Å²) < 4.78 is 13.3. The summed E-state index contributed by atoms with van der Waals surface area (Å²) in [7, 11) is 0. The van der Waals surface area contributed by atoms with Crippen molar-refractivity contribution in [2.45, 2.75) is 26.4 Å². The molecule has 17 heavy (non-hydrogen) atoms. The zero-order chi connectivity index (χ0) is 12.3. The number of benzene rings is 1. The van der Waals surface area contributed by atoms with Crippen LogP contribution in [-0.4, -0.2) is 18.0 Å². The van der Waals surface area contributed by atoms with Crippen LogP contribution in [0.3, 0.4) is 0 Å². The van der Waals surface area contributed by atoms with Crippen molar-refractivity contribution in [3.63, 3.8) is 0 Å². The van der Waals surface area contributed by atoms with Crippen LogP contribution in [0.4, 0.5) is 4.39 Å². The average Bonchev–Trinajstić information content (AvgIpc) is 2.31. The van der Waals surface area contributed by atoms with E-state index in [9.17, 15) is 4.39 Å². The van der Waals surface area contributed by atoms with Gasteiger partial charge in [0.25, 0.3) is 0 Å². The van der Waals surface area contributed by atoms with E-state index in [4.69, 9.17) is 5.73 Å². The summed E-state index contributed by atoms with van der Waals surface area (Å²) >= 11 is 0. The maximum Gasteiger partial charge on any atom is 0.123 e. The van der Waals surface area contributed by atoms with Gasteiger partial charge in [-0.1, -0.05) is 17.7 Å². The highest BCUT2D eigenvalue weighted by atomic mass is 19.1. The minimum Gasteiger partial charge on any atom is -0.326 e. The van der Waals surface area contributed by atoms with Gasteiger partial charge in [-0.25, -0.2) is 4.39 Å². The van der Waals surface area contributed by atoms with E-state index in [0.29, 0.717) is 6.54 Å². The summed E-state index contributed by atoms with van der Waals surface area (Å²) in [5, 5.41) is 0. The highest BCUT2D eigenvalue weighted by Crippen LogP contribution is 2.15. The first-order chi connectivity index (χ1) is 8.17. The van der Waals surface area contributed by atoms with Crippen LogP contribution < -0.4 is 5.73 Å². The van der Waals surface area contributed by atoms with Crippen LogP contribution in [0.1, 0.15) is 24.5 Å². The van der Waals surface area contributed by atoms with E-state index in [1.54, 1.807) is 6.07 Å². The van der Waals surface area contributed by atoms with Crippen LogP contribution >= 0.6 is 0 Å². The van der Waals surface area contributed by atoms with E-state index in [-0.39, 0.29) is 5.82 Å². The molecule has 0 atom stereocenters. The Kier molecular flexibility index (Phi) is 3.92. The Morgan fingerprint density at radius 2 is 2.06 bits per heavy atom. The smallest absolute Gasteiger partial charge is 0.123 e. The van der Waals surface area contributed by atoms with Crippen LogP contribution in [0, 0.1) is 5.82 Å². The van der Waals surface area contributed by atoms with Gasteiger partial charge in [-0.05, 0) is 36.6 Å². The fourth-order valence-electron chi connectivity index (χ4n) is 2.14. The van der Waals surface area contributed by atoms with Gasteiger partial charge < -0.3 is 5.73 Å². The second kappa shape index (κ2) is 5.43. The molecule has 0 radical (unpaired) electrons. The Hall–Kier alpha value is -1.19. The molecule has 2 N–H and O–H groups in total. The van der Waals surface area contributed by atoms with Gasteiger partial charge in [-0.2, -0.15) is 0 Å². The Morgan fingerprint density at radius 3 is 2.71 bits per heavy atom. The van der Waals surface area contributed by atoms with Crippen molar-refractivity contribution in [1.29, 1.82) is 0 Å². The third kappa shape index (κ3) is 3.38. The first-order valence-corrected chi connectivity index (χ1v) is 6.04. The third-order valence-corrected chi connectivity index (χ3v) is 3.18. The molecule has 0 bridgehead atoms. The topological polar surface area (TPSA) is 29.3 Å². The second-order valence-electron chi connectivity index (χ2n) is 4.71. The average molecular weight is 234 g/mol. The van der Waals surface area contributed by atoms with Crippen LogP contribution in [0.5, 0.6) is 0 Å². The lowest BCUT2D eigenvalue weighted by Crippen LogP contribution is -2.28. The van der Waals surface area contributed by atoms with Gasteiger partial charge in [0, 0.05) is 26.2 Å². The van der Waals surface area contributed by atoms with Gasteiger partial charge in [0.15, 0.2) is 0 Å². The summed E-state index contributed by atoms with van der Waals surface area (Å²) in [4.78, 5) is 2.32. The number of nitrogens with zero attached hydrogens (tertiary/aromatic N) is 1. The SMILES string of the molecule is CC1=CCN(Cc2cc(F)cc(CN)c2)CC1. The monoisotopic (exact) mass is 234 g/mol. The van der Waals surface area contributed by atoms with E-state index in [1.807, 2.05) is 6.07 Å². The zero-order valence-electron chi connectivity index (χ0n) is 10.2. The standard InChI is InChI=1S/C14H19FN2/c1-11-2-4-17(5-3-11)10-13-6-12(9-16)7-14(15)8-13/h2,6-8H,3-5,9-10,16H2,1H3. The van der Waals surface area contributed by atoms with E-state index < -0.39 is 0 Å². The van der Waals surface area contributed by atoms with E-state index in [2.05, 4.69) is 17.9 Å². The molecule has 0 saturated carbocycles. The van der Waals surface area contributed by atoms with Crippen molar-refractivity contribution in [3.05, 3.63) is 46.8 Å². The highest BCUT2D eigenvalue weighted by molar-refractivity contribution is 5.24. The molecule has 1 aromatic rings. The summed E-state index contributed by atoms with van der Waals surface area (Å²) in [6.45, 7) is 5.36. The molecule has 3 heteroatoms. The Bertz CT molecular complexity index is 426. The second-order valence-corrected chi connectivity index (χ2v) is 4.71. The maximum absolute atomic E-state index is 13.3. The van der Waals surface area contributed by atoms with Gasteiger partial charge in [-0.3, -0.25) is 4.90 Å². The number of hydrogen-bond donors (Lipinski definition) is 1. The van der Waals surface area contributed by atoms with Crippen molar-refractivity contribution in [3.8, 4) is 0 Å². The number of nitrogens with two attached hydrogens (primary N) is 1. The van der Waals surface area contributed by atoms with Gasteiger partial charge in [0.05, 0.1) is 0 Å². The van der Waals surface area contributed by atoms with E-state index in [1.165, 1.54) is 11.6 Å². The quantitative estimate of drug-likeness (QED) is 0.814. The van der Waals surface area contributed by atoms with Crippen LogP contribution in [0.25, 0.3) is 0 Å². The molecule has 0 spiro atoms. The molecule has 1 aliphatic rings. The molecule has 0 aromatic heterocycles. The number of rotatable bonds is 3. The molecule has 0 unspecified atom stereocenters. The van der Waals surface area contributed by atoms with Crippen LogP contribution in [0.15, 0.2) is 29.8 Å². The molecule has 1 heterocycles. The summed E-state index contributed by atoms with van der Waals surface area (Å²) in [5.41, 5.74) is 8.87.